The predicted molar refractivity (Wildman–Crippen MR) is 56.5 cm³/mol. The van der Waals surface area contributed by atoms with Gasteiger partial charge < -0.3 is 10.5 Å². The Hall–Kier alpha value is 0.762. The van der Waals surface area contributed by atoms with Crippen LogP contribution in [0.3, 0.4) is 0 Å². The fraction of sp³-hybridized carbons (Fsp3) is 1.00. The summed E-state index contributed by atoms with van der Waals surface area (Å²) in [5.74, 6) is 2.42. The predicted octanol–water partition coefficient (Wildman–Crippen LogP) is 0.811. The highest BCUT2D eigenvalue weighted by Gasteiger charge is 2.21. The van der Waals surface area contributed by atoms with E-state index in [0.29, 0.717) is 6.79 Å². The molecule has 72 valence electrons. The highest BCUT2D eigenvalue weighted by Crippen LogP contribution is 2.19. The molecular weight excluding hydrogens is 189 g/mol. The zero-order chi connectivity index (χ0) is 9.40. The number of rotatable bonds is 4. The molecule has 3 nitrogen and oxygen atoms in total. The monoisotopic (exact) mass is 208 g/mol. The molecule has 2 N–H and O–H groups in total. The van der Waals surface area contributed by atoms with E-state index >= 15 is 0 Å². The van der Waals surface area contributed by atoms with E-state index in [4.69, 9.17) is 14.7 Å². The molecule has 0 unspecified atom stereocenters. The summed E-state index contributed by atoms with van der Waals surface area (Å²) in [6, 6.07) is 0. The average molecular weight is 208 g/mol. The Kier molecular flexibility index (Phi) is 8.90. The van der Waals surface area contributed by atoms with Gasteiger partial charge in [-0.25, -0.2) is 0 Å². The van der Waals surface area contributed by atoms with Gasteiger partial charge in [-0.3, -0.25) is 0 Å². The van der Waals surface area contributed by atoms with Crippen molar-refractivity contribution < 1.29 is 8.92 Å². The van der Waals surface area contributed by atoms with Gasteiger partial charge in [0, 0.05) is 0 Å². The van der Waals surface area contributed by atoms with E-state index in [1.54, 1.807) is 10.6 Å². The van der Waals surface area contributed by atoms with Gasteiger partial charge in [0.05, 0.1) is 6.73 Å². The van der Waals surface area contributed by atoms with Crippen molar-refractivity contribution in [3.63, 3.8) is 0 Å². The van der Waals surface area contributed by atoms with Gasteiger partial charge in [-0.05, 0) is 0 Å². The lowest BCUT2D eigenvalue weighted by Gasteiger charge is -1.95. The first-order chi connectivity index (χ1) is 5.66. The lowest BCUT2D eigenvalue weighted by molar-refractivity contribution is 0.0293. The third kappa shape index (κ3) is 13.4. The van der Waals surface area contributed by atoms with Crippen LogP contribution < -0.4 is 5.73 Å². The first-order valence-electron chi connectivity index (χ1n) is 4.15. The first kappa shape index (κ1) is 12.8. The summed E-state index contributed by atoms with van der Waals surface area (Å²) in [6.07, 6.45) is 3.94. The van der Waals surface area contributed by atoms with Gasteiger partial charge in [0.25, 0.3) is 14.1 Å². The minimum absolute atomic E-state index is 0.00239. The van der Waals surface area contributed by atoms with Crippen molar-refractivity contribution in [1.29, 1.82) is 0 Å². The molecule has 12 heavy (non-hydrogen) atoms. The van der Waals surface area contributed by atoms with Crippen molar-refractivity contribution >= 4 is 25.3 Å². The fourth-order valence-electron chi connectivity index (χ4n) is 0.345. The zero-order valence-electron chi connectivity index (χ0n) is 8.21. The van der Waals surface area contributed by atoms with E-state index < -0.39 is 0 Å². The molecule has 0 radical (unpaired) electrons. The van der Waals surface area contributed by atoms with Crippen molar-refractivity contribution in [2.75, 3.05) is 26.0 Å². The van der Waals surface area contributed by atoms with Crippen molar-refractivity contribution in [2.45, 2.75) is 16.4 Å². The second-order valence-corrected chi connectivity index (χ2v) is 8.11. The smallest absolute Gasteiger partial charge is 0.256 e. The molecule has 0 atom stereocenters. The molecule has 0 bridgehead atoms. The largest absolute Gasteiger partial charge is 0.335 e. The van der Waals surface area contributed by atoms with Crippen LogP contribution in [0.1, 0.15) is 0 Å². The van der Waals surface area contributed by atoms with E-state index in [-0.39, 0.29) is 32.1 Å². The molecule has 0 aliphatic carbocycles. The van der Waals surface area contributed by atoms with Gasteiger partial charge in [0.15, 0.2) is 0 Å². The lowest BCUT2D eigenvalue weighted by Crippen LogP contribution is -2.10. The van der Waals surface area contributed by atoms with Gasteiger partial charge >= 0.3 is 0 Å². The molecule has 1 saturated heterocycles. The zero-order valence-corrected chi connectivity index (χ0v) is 10.2. The Morgan fingerprint density at radius 3 is 2.17 bits per heavy atom. The van der Waals surface area contributed by atoms with Crippen LogP contribution in [0.5, 0.6) is 0 Å². The molecule has 1 aliphatic heterocycles. The summed E-state index contributed by atoms with van der Waals surface area (Å²) < 4.78 is 9.71. The standard InChI is InChI=1S/C4H12NO2S.C2H4.CH3.Al/c1-8(2)7-4-6-3-5;1-2;;/h3-5H2,1-2H3;1-2H2;1H3;/q+1;;;. The highest BCUT2D eigenvalue weighted by atomic mass is 32.2. The topological polar surface area (TPSA) is 44.5 Å². The molecule has 0 amide bonds. The van der Waals surface area contributed by atoms with Crippen LogP contribution in [0.15, 0.2) is 0 Å². The molecule has 1 aliphatic rings. The molecule has 0 saturated carbocycles. The molecule has 0 aromatic heterocycles. The highest BCUT2D eigenvalue weighted by molar-refractivity contribution is 7.90. The summed E-state index contributed by atoms with van der Waals surface area (Å²) in [5, 5.41) is 3.25. The molecule has 0 aromatic rings. The maximum absolute atomic E-state index is 5.02. The molecule has 0 spiro atoms. The van der Waals surface area contributed by atoms with E-state index in [9.17, 15) is 0 Å². The molecule has 1 fully saturated rings. The van der Waals surface area contributed by atoms with Crippen LogP contribution in [-0.2, 0) is 20.1 Å². The molecule has 0 aromatic carbocycles. The average Bonchev–Trinajstić information content (AvgIpc) is 2.73. The van der Waals surface area contributed by atoms with Crippen molar-refractivity contribution in [3.05, 3.63) is 0 Å². The van der Waals surface area contributed by atoms with Gasteiger partial charge in [0.2, 0.25) is 6.79 Å². The van der Waals surface area contributed by atoms with E-state index in [1.807, 2.05) is 12.5 Å². The van der Waals surface area contributed by atoms with Gasteiger partial charge in [0.1, 0.15) is 23.7 Å². The van der Waals surface area contributed by atoms with Gasteiger partial charge in [-0.1, -0.05) is 0 Å². The maximum atomic E-state index is 5.02. The molecule has 1 rings (SSSR count). The van der Waals surface area contributed by atoms with Crippen LogP contribution >= 0.6 is 0 Å². The second kappa shape index (κ2) is 8.36. The fourth-order valence-corrected chi connectivity index (χ4v) is 1.94. The second-order valence-electron chi connectivity index (χ2n) is 3.03. The molecular formula is C7H19AlNO2S+. The van der Waals surface area contributed by atoms with Crippen molar-refractivity contribution in [3.8, 4) is 0 Å². The minimum atomic E-state index is 0.00239. The summed E-state index contributed by atoms with van der Waals surface area (Å²) in [4.78, 5) is 0. The number of nitrogens with two attached hydrogens (primary N) is 1. The molecule has 5 heteroatoms. The SMILES string of the molecule is C[S+](C)OCOCN.[CH3][Al]1[CH2][CH2]1. The van der Waals surface area contributed by atoms with Crippen LogP contribution in [0.4, 0.5) is 0 Å². The van der Waals surface area contributed by atoms with E-state index in [1.165, 1.54) is 0 Å². The van der Waals surface area contributed by atoms with Crippen molar-refractivity contribution in [2.24, 2.45) is 5.73 Å². The van der Waals surface area contributed by atoms with Crippen LogP contribution in [0.2, 0.25) is 16.4 Å². The summed E-state index contributed by atoms with van der Waals surface area (Å²) in [7, 11) is 0. The third-order valence-corrected chi connectivity index (χ3v) is 3.65. The van der Waals surface area contributed by atoms with Crippen LogP contribution in [0, 0.1) is 0 Å². The Morgan fingerprint density at radius 2 is 1.92 bits per heavy atom. The van der Waals surface area contributed by atoms with Gasteiger partial charge in [-0.2, -0.15) is 0 Å². The Bertz CT molecular complexity index is 101. The summed E-state index contributed by atoms with van der Waals surface area (Å²) >= 11 is 0.114. The quantitative estimate of drug-likeness (QED) is 0.322. The van der Waals surface area contributed by atoms with Gasteiger partial charge in [-0.15, -0.1) is 20.5 Å². The Morgan fingerprint density at radius 1 is 1.42 bits per heavy atom. The van der Waals surface area contributed by atoms with Crippen LogP contribution in [0.25, 0.3) is 0 Å². The Balaban J connectivity index is 0.000000247. The first-order valence-corrected chi connectivity index (χ1v) is 8.91. The summed E-state index contributed by atoms with van der Waals surface area (Å²) in [5.41, 5.74) is 5.02. The number of hydrogen-bond acceptors (Lipinski definition) is 3. The van der Waals surface area contributed by atoms with Crippen LogP contribution in [-0.4, -0.2) is 40.2 Å². The molecule has 1 heterocycles. The third-order valence-electron chi connectivity index (χ3n) is 1.35. The Labute approximate surface area is 82.5 Å². The maximum Gasteiger partial charge on any atom is 0.256 e. The van der Waals surface area contributed by atoms with E-state index in [2.05, 4.69) is 5.79 Å². The normalized spacial score (nSPS) is 14.2. The lowest BCUT2D eigenvalue weighted by atomic mass is 11.0. The minimum Gasteiger partial charge on any atom is -0.335 e. The van der Waals surface area contributed by atoms with Crippen molar-refractivity contribution in [1.82, 2.24) is 0 Å². The number of ether oxygens (including phenoxy) is 1. The number of hydrogen-bond donors (Lipinski definition) is 1. The summed E-state index contributed by atoms with van der Waals surface area (Å²) in [6.45, 7) is 0.545. The van der Waals surface area contributed by atoms with E-state index in [0.717, 1.165) is 0 Å².